The number of alkyl carbamates (subject to hydrolysis) is 1. The largest absolute Gasteiger partial charge is 0.449 e. The van der Waals surface area contributed by atoms with Crippen LogP contribution >= 0.6 is 0 Å². The first-order valence-electron chi connectivity index (χ1n) is 9.38. The van der Waals surface area contributed by atoms with Gasteiger partial charge < -0.3 is 10.1 Å². The van der Waals surface area contributed by atoms with Crippen molar-refractivity contribution in [3.8, 4) is 23.5 Å². The van der Waals surface area contributed by atoms with Crippen LogP contribution in [0.2, 0.25) is 0 Å². The Bertz CT molecular complexity index is 974. The summed E-state index contributed by atoms with van der Waals surface area (Å²) >= 11 is 0. The van der Waals surface area contributed by atoms with E-state index >= 15 is 0 Å². The minimum atomic E-state index is -0.485. The maximum absolute atomic E-state index is 12.4. The summed E-state index contributed by atoms with van der Waals surface area (Å²) in [5, 5.41) is 2.79. The molecule has 0 fully saturated rings. The van der Waals surface area contributed by atoms with Crippen molar-refractivity contribution < 1.29 is 9.53 Å². The Morgan fingerprint density at radius 1 is 0.929 bits per heavy atom. The molecule has 1 aliphatic rings. The molecule has 0 aliphatic heterocycles. The fourth-order valence-electron chi connectivity index (χ4n) is 3.78. The second kappa shape index (κ2) is 8.02. The first-order chi connectivity index (χ1) is 13.8. The molecule has 3 aromatic carbocycles. The molecule has 1 aliphatic carbocycles. The van der Waals surface area contributed by atoms with Gasteiger partial charge in [0.2, 0.25) is 0 Å². The molecule has 0 saturated heterocycles. The van der Waals surface area contributed by atoms with E-state index < -0.39 is 12.1 Å². The molecule has 0 aromatic heterocycles. The Morgan fingerprint density at radius 3 is 2.11 bits per heavy atom. The molecule has 0 heterocycles. The third kappa shape index (κ3) is 3.63. The summed E-state index contributed by atoms with van der Waals surface area (Å²) < 4.78 is 5.56. The molecule has 1 atom stereocenters. The van der Waals surface area contributed by atoms with Gasteiger partial charge in [-0.1, -0.05) is 84.8 Å². The van der Waals surface area contributed by atoms with Crippen LogP contribution in [-0.4, -0.2) is 18.7 Å². The van der Waals surface area contributed by atoms with Crippen molar-refractivity contribution in [1.29, 1.82) is 0 Å². The van der Waals surface area contributed by atoms with Crippen molar-refractivity contribution >= 4 is 6.09 Å². The van der Waals surface area contributed by atoms with Crippen LogP contribution in [0.15, 0.2) is 78.9 Å². The summed E-state index contributed by atoms with van der Waals surface area (Å²) in [7, 11) is 0. The smallest absolute Gasteiger partial charge is 0.408 e. The predicted octanol–water partition coefficient (Wildman–Crippen LogP) is 4.77. The van der Waals surface area contributed by atoms with Crippen LogP contribution < -0.4 is 5.32 Å². The Hall–Kier alpha value is -3.51. The number of rotatable bonds is 5. The monoisotopic (exact) mass is 367 g/mol. The van der Waals surface area contributed by atoms with Gasteiger partial charge in [-0.15, -0.1) is 6.42 Å². The van der Waals surface area contributed by atoms with Crippen LogP contribution in [0.4, 0.5) is 4.79 Å². The lowest BCUT2D eigenvalue weighted by Gasteiger charge is -2.17. The number of carbonyl (C=O) groups is 1. The minimum absolute atomic E-state index is 0.0385. The summed E-state index contributed by atoms with van der Waals surface area (Å²) in [4.78, 5) is 12.4. The van der Waals surface area contributed by atoms with E-state index in [-0.39, 0.29) is 12.5 Å². The second-order valence-electron chi connectivity index (χ2n) is 6.88. The van der Waals surface area contributed by atoms with E-state index in [0.29, 0.717) is 6.42 Å². The summed E-state index contributed by atoms with van der Waals surface area (Å²) in [5.74, 6) is 2.67. The van der Waals surface area contributed by atoms with Crippen molar-refractivity contribution in [2.24, 2.45) is 0 Å². The summed E-state index contributed by atoms with van der Waals surface area (Å²) in [6, 6.07) is 26.0. The van der Waals surface area contributed by atoms with E-state index in [4.69, 9.17) is 11.2 Å². The van der Waals surface area contributed by atoms with Gasteiger partial charge in [0.1, 0.15) is 6.61 Å². The van der Waals surface area contributed by atoms with Crippen LogP contribution in [0.3, 0.4) is 0 Å². The number of nitrogens with one attached hydrogen (secondary N) is 1. The number of ether oxygens (including phenoxy) is 1. The van der Waals surface area contributed by atoms with Gasteiger partial charge in [0.15, 0.2) is 0 Å². The molecular formula is C25H21NO2. The Labute approximate surface area is 165 Å². The lowest BCUT2D eigenvalue weighted by atomic mass is 9.98. The molecule has 0 radical (unpaired) electrons. The zero-order valence-electron chi connectivity index (χ0n) is 15.5. The maximum Gasteiger partial charge on any atom is 0.408 e. The molecule has 3 heteroatoms. The van der Waals surface area contributed by atoms with Gasteiger partial charge in [0.05, 0.1) is 6.04 Å². The highest BCUT2D eigenvalue weighted by Crippen LogP contribution is 2.44. The van der Waals surface area contributed by atoms with Crippen molar-refractivity contribution in [2.75, 3.05) is 6.61 Å². The van der Waals surface area contributed by atoms with Crippen LogP contribution in [0.5, 0.6) is 0 Å². The van der Waals surface area contributed by atoms with Gasteiger partial charge in [0, 0.05) is 12.3 Å². The van der Waals surface area contributed by atoms with Gasteiger partial charge >= 0.3 is 6.09 Å². The lowest BCUT2D eigenvalue weighted by molar-refractivity contribution is 0.141. The summed E-state index contributed by atoms with van der Waals surface area (Å²) in [6.45, 7) is 0.280. The molecule has 3 aromatic rings. The molecule has 0 spiro atoms. The zero-order chi connectivity index (χ0) is 19.3. The number of fused-ring (bicyclic) bond motifs is 3. The standard InChI is InChI=1S/C25H21NO2/c1-2-19(16-18-10-4-3-5-11-18)26-25(27)28-17-24-22-14-8-6-12-20(22)21-13-7-9-15-23(21)24/h1,3-15,19,24H,16-17H2,(H,26,27). The molecule has 0 bridgehead atoms. The number of hydrogen-bond acceptors (Lipinski definition) is 2. The Kier molecular flexibility index (Phi) is 5.12. The summed E-state index contributed by atoms with van der Waals surface area (Å²) in [6.07, 6.45) is 5.68. The van der Waals surface area contributed by atoms with Crippen molar-refractivity contribution in [3.05, 3.63) is 95.6 Å². The SMILES string of the molecule is C#CC(Cc1ccccc1)NC(=O)OCC1c2ccccc2-c2ccccc21. The molecule has 138 valence electrons. The van der Waals surface area contributed by atoms with Crippen LogP contribution in [0, 0.1) is 12.3 Å². The molecule has 0 saturated carbocycles. The quantitative estimate of drug-likeness (QED) is 0.660. The predicted molar refractivity (Wildman–Crippen MR) is 111 cm³/mol. The number of amides is 1. The van der Waals surface area contributed by atoms with E-state index in [0.717, 1.165) is 5.56 Å². The average molecular weight is 367 g/mol. The fraction of sp³-hybridized carbons (Fsp3) is 0.160. The van der Waals surface area contributed by atoms with E-state index in [9.17, 15) is 4.79 Å². The van der Waals surface area contributed by atoms with E-state index in [1.165, 1.54) is 22.3 Å². The van der Waals surface area contributed by atoms with Gasteiger partial charge in [-0.05, 0) is 27.8 Å². The molecule has 1 N–H and O–H groups in total. The zero-order valence-corrected chi connectivity index (χ0v) is 15.5. The first-order valence-corrected chi connectivity index (χ1v) is 9.38. The van der Waals surface area contributed by atoms with Gasteiger partial charge in [-0.3, -0.25) is 0 Å². The third-order valence-corrected chi connectivity index (χ3v) is 5.12. The van der Waals surface area contributed by atoms with Gasteiger partial charge in [-0.25, -0.2) is 4.79 Å². The Balaban J connectivity index is 1.42. The van der Waals surface area contributed by atoms with Crippen molar-refractivity contribution in [3.63, 3.8) is 0 Å². The maximum atomic E-state index is 12.4. The van der Waals surface area contributed by atoms with Crippen molar-refractivity contribution in [2.45, 2.75) is 18.4 Å². The average Bonchev–Trinajstić information content (AvgIpc) is 3.06. The fourth-order valence-corrected chi connectivity index (χ4v) is 3.78. The minimum Gasteiger partial charge on any atom is -0.449 e. The van der Waals surface area contributed by atoms with Crippen LogP contribution in [-0.2, 0) is 11.2 Å². The third-order valence-electron chi connectivity index (χ3n) is 5.12. The van der Waals surface area contributed by atoms with Gasteiger partial charge in [-0.2, -0.15) is 0 Å². The first kappa shape index (κ1) is 17.9. The van der Waals surface area contributed by atoms with Crippen molar-refractivity contribution in [1.82, 2.24) is 5.32 Å². The molecule has 1 unspecified atom stereocenters. The summed E-state index contributed by atoms with van der Waals surface area (Å²) in [5.41, 5.74) is 5.86. The number of terminal acetylenes is 1. The molecule has 4 rings (SSSR count). The van der Waals surface area contributed by atoms with Crippen LogP contribution in [0.25, 0.3) is 11.1 Å². The lowest BCUT2D eigenvalue weighted by Crippen LogP contribution is -2.36. The second-order valence-corrected chi connectivity index (χ2v) is 6.88. The number of hydrogen-bond donors (Lipinski definition) is 1. The number of benzene rings is 3. The highest BCUT2D eigenvalue weighted by molar-refractivity contribution is 5.79. The Morgan fingerprint density at radius 2 is 1.50 bits per heavy atom. The van der Waals surface area contributed by atoms with E-state index in [2.05, 4.69) is 35.5 Å². The van der Waals surface area contributed by atoms with E-state index in [1.54, 1.807) is 0 Å². The van der Waals surface area contributed by atoms with E-state index in [1.807, 2.05) is 54.6 Å². The molecule has 3 nitrogen and oxygen atoms in total. The highest BCUT2D eigenvalue weighted by atomic mass is 16.5. The molecule has 1 amide bonds. The van der Waals surface area contributed by atoms with Crippen LogP contribution in [0.1, 0.15) is 22.6 Å². The van der Waals surface area contributed by atoms with Gasteiger partial charge in [0.25, 0.3) is 0 Å². The molecular weight excluding hydrogens is 346 g/mol. The highest BCUT2D eigenvalue weighted by Gasteiger charge is 2.29. The molecule has 28 heavy (non-hydrogen) atoms. The normalized spacial score (nSPS) is 13.1. The number of carbonyl (C=O) groups excluding carboxylic acids is 1. The topological polar surface area (TPSA) is 38.3 Å².